The van der Waals surface area contributed by atoms with Gasteiger partial charge in [0, 0.05) is 31.2 Å². The predicted octanol–water partition coefficient (Wildman–Crippen LogP) is -1.41. The van der Waals surface area contributed by atoms with Gasteiger partial charge in [-0.15, -0.1) is 0 Å². The third-order valence-electron chi connectivity index (χ3n) is 5.67. The largest absolute Gasteiger partial charge is 0.481 e. The molecule has 0 aliphatic heterocycles. The molecule has 3 amide bonds. The van der Waals surface area contributed by atoms with E-state index in [0.717, 1.165) is 0 Å². The lowest BCUT2D eigenvalue weighted by Gasteiger charge is -2.27. The minimum absolute atomic E-state index is 0.109. The fourth-order valence-electron chi connectivity index (χ4n) is 3.26. The van der Waals surface area contributed by atoms with Crippen LogP contribution in [0.25, 0.3) is 0 Å². The highest BCUT2D eigenvalue weighted by Crippen LogP contribution is 2.11. The Morgan fingerprint density at radius 3 is 2.03 bits per heavy atom. The minimum atomic E-state index is -1.51. The summed E-state index contributed by atoms with van der Waals surface area (Å²) in [5, 5.41) is 34.3. The van der Waals surface area contributed by atoms with E-state index in [4.69, 9.17) is 15.9 Å². The average Bonchev–Trinajstić information content (AvgIpc) is 3.34. The number of imidazole rings is 1. The molecule has 0 radical (unpaired) electrons. The number of nitrogens with zero attached hydrogens (tertiary/aromatic N) is 1. The van der Waals surface area contributed by atoms with Gasteiger partial charge in [0.2, 0.25) is 17.7 Å². The molecule has 15 nitrogen and oxygen atoms in total. The molecule has 37 heavy (non-hydrogen) atoms. The number of amides is 3. The van der Waals surface area contributed by atoms with Crippen molar-refractivity contribution in [3.8, 4) is 0 Å². The zero-order valence-electron chi connectivity index (χ0n) is 20.6. The van der Waals surface area contributed by atoms with E-state index < -0.39 is 72.1 Å². The maximum atomic E-state index is 13.2. The van der Waals surface area contributed by atoms with Crippen LogP contribution < -0.4 is 21.7 Å². The molecule has 0 saturated carbocycles. The maximum absolute atomic E-state index is 13.2. The normalized spacial score (nSPS) is 14.9. The van der Waals surface area contributed by atoms with Gasteiger partial charge in [0.05, 0.1) is 12.4 Å². The second-order valence-corrected chi connectivity index (χ2v) is 8.58. The van der Waals surface area contributed by atoms with Crippen molar-refractivity contribution in [2.75, 3.05) is 0 Å². The number of nitrogens with one attached hydrogen (secondary N) is 4. The van der Waals surface area contributed by atoms with Gasteiger partial charge in [-0.3, -0.25) is 24.0 Å². The lowest BCUT2D eigenvalue weighted by molar-refractivity contribution is -0.143. The highest BCUT2D eigenvalue weighted by atomic mass is 16.4. The van der Waals surface area contributed by atoms with Crippen molar-refractivity contribution >= 4 is 35.6 Å². The molecule has 1 aromatic rings. The number of nitrogens with two attached hydrogens (primary N) is 1. The molecule has 9 N–H and O–H groups in total. The first kappa shape index (κ1) is 31.0. The van der Waals surface area contributed by atoms with Crippen molar-refractivity contribution in [2.45, 2.75) is 76.5 Å². The minimum Gasteiger partial charge on any atom is -0.481 e. The molecule has 0 aliphatic carbocycles. The Kier molecular flexibility index (Phi) is 12.7. The molecule has 1 rings (SSSR count). The summed E-state index contributed by atoms with van der Waals surface area (Å²) in [6, 6.07) is -5.12. The number of aromatic nitrogens is 2. The fraction of sp³-hybridized carbons (Fsp3) is 0.591. The lowest BCUT2D eigenvalue weighted by atomic mass is 9.96. The zero-order valence-corrected chi connectivity index (χ0v) is 20.6. The first-order valence-corrected chi connectivity index (χ1v) is 11.7. The van der Waals surface area contributed by atoms with Crippen LogP contribution in [0.3, 0.4) is 0 Å². The zero-order chi connectivity index (χ0) is 28.1. The number of aromatic amines is 1. The van der Waals surface area contributed by atoms with Crippen molar-refractivity contribution in [3.05, 3.63) is 18.2 Å². The van der Waals surface area contributed by atoms with Crippen LogP contribution in [0.15, 0.2) is 12.5 Å². The molecule has 206 valence electrons. The molecule has 0 bridgehead atoms. The number of carbonyl (C=O) groups is 6. The van der Waals surface area contributed by atoms with Gasteiger partial charge in [-0.25, -0.2) is 9.78 Å². The predicted molar refractivity (Wildman–Crippen MR) is 127 cm³/mol. The summed E-state index contributed by atoms with van der Waals surface area (Å²) in [6.07, 6.45) is 1.74. The van der Waals surface area contributed by atoms with Gasteiger partial charge in [0.1, 0.15) is 18.1 Å². The van der Waals surface area contributed by atoms with E-state index in [1.807, 2.05) is 0 Å². The fourth-order valence-corrected chi connectivity index (χ4v) is 3.26. The maximum Gasteiger partial charge on any atom is 0.326 e. The number of aliphatic carboxylic acids is 3. The molecule has 0 saturated heterocycles. The standard InChI is InChI=1S/C22H34N6O9/c1-3-11(2)18(28-19(33)13(23)4-6-16(29)30)21(35)27-15(8-12-9-24-10-25-12)20(34)26-14(22(36)37)5-7-17(31)32/h9-11,13-15,18H,3-8,23H2,1-2H3,(H,24,25)(H,26,34)(H,27,35)(H,28,33)(H,29,30)(H,31,32)(H,36,37). The third kappa shape index (κ3) is 11.1. The van der Waals surface area contributed by atoms with Gasteiger partial charge < -0.3 is 42.0 Å². The Labute approximate surface area is 212 Å². The van der Waals surface area contributed by atoms with Crippen LogP contribution in [0.1, 0.15) is 51.6 Å². The van der Waals surface area contributed by atoms with Gasteiger partial charge >= 0.3 is 17.9 Å². The number of H-pyrrole nitrogens is 1. The summed E-state index contributed by atoms with van der Waals surface area (Å²) >= 11 is 0. The van der Waals surface area contributed by atoms with E-state index in [9.17, 15) is 33.9 Å². The van der Waals surface area contributed by atoms with Gasteiger partial charge in [0.25, 0.3) is 0 Å². The van der Waals surface area contributed by atoms with Crippen molar-refractivity contribution in [1.82, 2.24) is 25.9 Å². The smallest absolute Gasteiger partial charge is 0.326 e. The quantitative estimate of drug-likeness (QED) is 0.117. The monoisotopic (exact) mass is 526 g/mol. The molecule has 5 atom stereocenters. The van der Waals surface area contributed by atoms with Crippen LogP contribution in [-0.4, -0.2) is 85.1 Å². The van der Waals surface area contributed by atoms with Crippen LogP contribution in [0, 0.1) is 5.92 Å². The number of hydrogen-bond donors (Lipinski definition) is 8. The topological polar surface area (TPSA) is 254 Å². The van der Waals surface area contributed by atoms with Gasteiger partial charge in [-0.2, -0.15) is 0 Å². The van der Waals surface area contributed by atoms with E-state index in [-0.39, 0.29) is 25.7 Å². The van der Waals surface area contributed by atoms with E-state index in [0.29, 0.717) is 12.1 Å². The Balaban J connectivity index is 3.07. The second-order valence-electron chi connectivity index (χ2n) is 8.58. The van der Waals surface area contributed by atoms with Crippen molar-refractivity contribution in [3.63, 3.8) is 0 Å². The van der Waals surface area contributed by atoms with E-state index in [1.54, 1.807) is 13.8 Å². The van der Waals surface area contributed by atoms with Crippen LogP contribution in [0.5, 0.6) is 0 Å². The number of hydrogen-bond acceptors (Lipinski definition) is 8. The SMILES string of the molecule is CCC(C)C(NC(=O)C(N)CCC(=O)O)C(=O)NC(Cc1cnc[nH]1)C(=O)NC(CCC(=O)O)C(=O)O. The van der Waals surface area contributed by atoms with Crippen LogP contribution >= 0.6 is 0 Å². The molecule has 15 heteroatoms. The number of carboxylic acid groups (broad SMARTS) is 3. The van der Waals surface area contributed by atoms with E-state index in [2.05, 4.69) is 25.9 Å². The van der Waals surface area contributed by atoms with Gasteiger partial charge in [-0.05, 0) is 18.8 Å². The summed E-state index contributed by atoms with van der Waals surface area (Å²) in [5.41, 5.74) is 6.19. The first-order valence-electron chi connectivity index (χ1n) is 11.7. The highest BCUT2D eigenvalue weighted by molar-refractivity contribution is 5.94. The van der Waals surface area contributed by atoms with Crippen LogP contribution in [0.4, 0.5) is 0 Å². The first-order chi connectivity index (χ1) is 17.3. The molecule has 0 spiro atoms. The molecule has 0 aromatic carbocycles. The summed E-state index contributed by atoms with van der Waals surface area (Å²) < 4.78 is 0. The number of carbonyl (C=O) groups excluding carboxylic acids is 3. The number of rotatable bonds is 17. The number of carboxylic acids is 3. The Hall–Kier alpha value is -4.01. The molecule has 0 aliphatic rings. The second kappa shape index (κ2) is 15.2. The third-order valence-corrected chi connectivity index (χ3v) is 5.67. The van der Waals surface area contributed by atoms with Crippen LogP contribution in [0.2, 0.25) is 0 Å². The lowest BCUT2D eigenvalue weighted by Crippen LogP contribution is -2.59. The highest BCUT2D eigenvalue weighted by Gasteiger charge is 2.33. The van der Waals surface area contributed by atoms with Crippen LogP contribution in [-0.2, 0) is 35.2 Å². The van der Waals surface area contributed by atoms with Crippen molar-refractivity contribution in [1.29, 1.82) is 0 Å². The molecule has 0 fully saturated rings. The summed E-state index contributed by atoms with van der Waals surface area (Å²) in [7, 11) is 0. The van der Waals surface area contributed by atoms with Gasteiger partial charge in [0.15, 0.2) is 0 Å². The Morgan fingerprint density at radius 2 is 1.51 bits per heavy atom. The molecule has 1 aromatic heterocycles. The van der Waals surface area contributed by atoms with E-state index in [1.165, 1.54) is 12.5 Å². The van der Waals surface area contributed by atoms with Gasteiger partial charge in [-0.1, -0.05) is 20.3 Å². The average molecular weight is 527 g/mol. The summed E-state index contributed by atoms with van der Waals surface area (Å²) in [5.74, 6) is -6.59. The van der Waals surface area contributed by atoms with Crippen molar-refractivity contribution < 1.29 is 44.1 Å². The van der Waals surface area contributed by atoms with E-state index >= 15 is 0 Å². The molecule has 5 unspecified atom stereocenters. The summed E-state index contributed by atoms with van der Waals surface area (Å²) in [6.45, 7) is 3.46. The Morgan fingerprint density at radius 1 is 0.919 bits per heavy atom. The van der Waals surface area contributed by atoms with Crippen molar-refractivity contribution in [2.24, 2.45) is 11.7 Å². The molecule has 1 heterocycles. The molecular formula is C22H34N6O9. The Bertz CT molecular complexity index is 952. The molecular weight excluding hydrogens is 492 g/mol. The summed E-state index contributed by atoms with van der Waals surface area (Å²) in [4.78, 5) is 78.4.